The molecule has 0 amide bonds. The second kappa shape index (κ2) is 4.00. The minimum absolute atomic E-state index is 0.266. The fourth-order valence-electron chi connectivity index (χ4n) is 2.68. The van der Waals surface area contributed by atoms with Gasteiger partial charge in [0.2, 0.25) is 0 Å². The molecule has 0 bridgehead atoms. The Hall–Kier alpha value is -2.49. The average molecular weight is 265 g/mol. The summed E-state index contributed by atoms with van der Waals surface area (Å²) in [6, 6.07) is 12.6. The molecule has 98 valence electrons. The molecule has 0 atom stereocenters. The molecule has 4 aromatic rings. The minimum atomic E-state index is -0.266. The van der Waals surface area contributed by atoms with E-state index in [0.717, 1.165) is 39.8 Å². The second-order valence-electron chi connectivity index (χ2n) is 4.80. The van der Waals surface area contributed by atoms with Crippen LogP contribution in [0.15, 0.2) is 42.5 Å². The van der Waals surface area contributed by atoms with Gasteiger partial charge >= 0.3 is 0 Å². The van der Waals surface area contributed by atoms with Crippen molar-refractivity contribution in [3.63, 3.8) is 0 Å². The SMILES string of the molecule is CCc1nc2ccc(F)cc2c2nc3ccccc3n12. The highest BCUT2D eigenvalue weighted by atomic mass is 19.1. The number of halogens is 1. The highest BCUT2D eigenvalue weighted by Gasteiger charge is 2.12. The Balaban J connectivity index is 2.32. The van der Waals surface area contributed by atoms with Gasteiger partial charge in [-0.15, -0.1) is 0 Å². The molecule has 0 N–H and O–H groups in total. The Morgan fingerprint density at radius 1 is 1.05 bits per heavy atom. The number of aryl methyl sites for hydroxylation is 1. The summed E-state index contributed by atoms with van der Waals surface area (Å²) >= 11 is 0. The lowest BCUT2D eigenvalue weighted by Gasteiger charge is -2.06. The van der Waals surface area contributed by atoms with Gasteiger partial charge in [-0.25, -0.2) is 14.4 Å². The van der Waals surface area contributed by atoms with Crippen LogP contribution in [-0.4, -0.2) is 14.4 Å². The highest BCUT2D eigenvalue weighted by Crippen LogP contribution is 2.25. The zero-order valence-corrected chi connectivity index (χ0v) is 11.0. The van der Waals surface area contributed by atoms with Crippen molar-refractivity contribution in [2.75, 3.05) is 0 Å². The lowest BCUT2D eigenvalue weighted by molar-refractivity contribution is 0.629. The van der Waals surface area contributed by atoms with E-state index in [1.807, 2.05) is 28.7 Å². The Kier molecular flexibility index (Phi) is 2.27. The van der Waals surface area contributed by atoms with E-state index in [0.29, 0.717) is 0 Å². The molecule has 0 saturated heterocycles. The van der Waals surface area contributed by atoms with Crippen LogP contribution in [-0.2, 0) is 6.42 Å². The van der Waals surface area contributed by atoms with E-state index in [1.54, 1.807) is 6.07 Å². The Morgan fingerprint density at radius 3 is 2.75 bits per heavy atom. The number of fused-ring (bicyclic) bond motifs is 5. The summed E-state index contributed by atoms with van der Waals surface area (Å²) in [6.07, 6.45) is 0.796. The number of imidazole rings is 1. The second-order valence-corrected chi connectivity index (χ2v) is 4.80. The van der Waals surface area contributed by atoms with Gasteiger partial charge in [0.1, 0.15) is 17.3 Å². The standard InChI is InChI=1S/C16H12FN3/c1-2-15-18-12-8-7-10(17)9-11(12)16-19-13-5-3-4-6-14(13)20(15)16/h3-9H,2H2,1H3. The lowest BCUT2D eigenvalue weighted by atomic mass is 10.2. The zero-order chi connectivity index (χ0) is 13.7. The molecular weight excluding hydrogens is 253 g/mol. The van der Waals surface area contributed by atoms with Gasteiger partial charge < -0.3 is 0 Å². The number of nitrogens with zero attached hydrogens (tertiary/aromatic N) is 3. The quantitative estimate of drug-likeness (QED) is 0.525. The van der Waals surface area contributed by atoms with Crippen LogP contribution in [0.1, 0.15) is 12.7 Å². The maximum Gasteiger partial charge on any atom is 0.148 e. The maximum absolute atomic E-state index is 13.5. The van der Waals surface area contributed by atoms with Gasteiger partial charge in [-0.05, 0) is 30.3 Å². The number of hydrogen-bond acceptors (Lipinski definition) is 2. The van der Waals surface area contributed by atoms with E-state index in [-0.39, 0.29) is 5.82 Å². The van der Waals surface area contributed by atoms with Crippen molar-refractivity contribution >= 4 is 27.6 Å². The number of benzene rings is 2. The van der Waals surface area contributed by atoms with Gasteiger partial charge in [0, 0.05) is 11.8 Å². The molecular formula is C16H12FN3. The monoisotopic (exact) mass is 265 g/mol. The molecule has 2 heterocycles. The summed E-state index contributed by atoms with van der Waals surface area (Å²) < 4.78 is 15.6. The molecule has 2 aromatic carbocycles. The van der Waals surface area contributed by atoms with Crippen LogP contribution in [0.5, 0.6) is 0 Å². The van der Waals surface area contributed by atoms with E-state index < -0.39 is 0 Å². The molecule has 4 heteroatoms. The highest BCUT2D eigenvalue weighted by molar-refractivity contribution is 5.96. The van der Waals surface area contributed by atoms with Gasteiger partial charge in [0.05, 0.1) is 16.6 Å². The Labute approximate surface area is 114 Å². The first kappa shape index (κ1) is 11.3. The van der Waals surface area contributed by atoms with Gasteiger partial charge in [0.15, 0.2) is 0 Å². The fourth-order valence-corrected chi connectivity index (χ4v) is 2.68. The number of rotatable bonds is 1. The molecule has 2 aromatic heterocycles. The topological polar surface area (TPSA) is 30.2 Å². The number of para-hydroxylation sites is 2. The first-order chi connectivity index (χ1) is 9.78. The zero-order valence-electron chi connectivity index (χ0n) is 11.0. The summed E-state index contributed by atoms with van der Waals surface area (Å²) in [5.74, 6) is 0.672. The van der Waals surface area contributed by atoms with E-state index in [9.17, 15) is 4.39 Å². The first-order valence-electron chi connectivity index (χ1n) is 6.63. The molecule has 0 spiro atoms. The number of aromatic nitrogens is 3. The van der Waals surface area contributed by atoms with Crippen LogP contribution >= 0.6 is 0 Å². The molecule has 0 aliphatic heterocycles. The van der Waals surface area contributed by atoms with Crippen LogP contribution in [0.2, 0.25) is 0 Å². The molecule has 4 rings (SSSR count). The summed E-state index contributed by atoms with van der Waals surface area (Å²) in [5, 5.41) is 0.749. The van der Waals surface area contributed by atoms with Crippen LogP contribution in [0.4, 0.5) is 4.39 Å². The molecule has 0 aliphatic carbocycles. The average Bonchev–Trinajstić information content (AvgIpc) is 2.86. The molecule has 20 heavy (non-hydrogen) atoms. The third kappa shape index (κ3) is 1.45. The van der Waals surface area contributed by atoms with Crippen molar-refractivity contribution in [3.8, 4) is 0 Å². The molecule has 0 radical (unpaired) electrons. The molecule has 0 aliphatic rings. The van der Waals surface area contributed by atoms with Gasteiger partial charge in [-0.1, -0.05) is 19.1 Å². The van der Waals surface area contributed by atoms with Crippen molar-refractivity contribution in [2.45, 2.75) is 13.3 Å². The third-order valence-corrected chi connectivity index (χ3v) is 3.58. The van der Waals surface area contributed by atoms with Gasteiger partial charge in [-0.2, -0.15) is 0 Å². The van der Waals surface area contributed by atoms with E-state index in [1.165, 1.54) is 12.1 Å². The maximum atomic E-state index is 13.5. The predicted molar refractivity (Wildman–Crippen MR) is 77.3 cm³/mol. The van der Waals surface area contributed by atoms with Gasteiger partial charge in [0.25, 0.3) is 0 Å². The minimum Gasteiger partial charge on any atom is -0.280 e. The van der Waals surface area contributed by atoms with E-state index in [4.69, 9.17) is 0 Å². The van der Waals surface area contributed by atoms with Crippen LogP contribution in [0.3, 0.4) is 0 Å². The molecule has 0 fully saturated rings. The van der Waals surface area contributed by atoms with E-state index in [2.05, 4.69) is 16.9 Å². The third-order valence-electron chi connectivity index (χ3n) is 3.58. The summed E-state index contributed by atoms with van der Waals surface area (Å²) in [7, 11) is 0. The number of hydrogen-bond donors (Lipinski definition) is 0. The Bertz CT molecular complexity index is 956. The molecule has 0 unspecified atom stereocenters. The summed E-state index contributed by atoms with van der Waals surface area (Å²) in [4.78, 5) is 9.29. The van der Waals surface area contributed by atoms with Gasteiger partial charge in [-0.3, -0.25) is 4.40 Å². The van der Waals surface area contributed by atoms with Crippen molar-refractivity contribution in [3.05, 3.63) is 54.1 Å². The van der Waals surface area contributed by atoms with Crippen molar-refractivity contribution < 1.29 is 4.39 Å². The predicted octanol–water partition coefficient (Wildman–Crippen LogP) is 3.74. The summed E-state index contributed by atoms with van der Waals surface area (Å²) in [6.45, 7) is 2.06. The smallest absolute Gasteiger partial charge is 0.148 e. The van der Waals surface area contributed by atoms with Crippen molar-refractivity contribution in [1.82, 2.24) is 14.4 Å². The Morgan fingerprint density at radius 2 is 1.90 bits per heavy atom. The largest absolute Gasteiger partial charge is 0.280 e. The van der Waals surface area contributed by atoms with Crippen LogP contribution in [0.25, 0.3) is 27.6 Å². The van der Waals surface area contributed by atoms with E-state index >= 15 is 0 Å². The normalized spacial score (nSPS) is 11.7. The van der Waals surface area contributed by atoms with Crippen molar-refractivity contribution in [2.24, 2.45) is 0 Å². The fraction of sp³-hybridized carbons (Fsp3) is 0.125. The lowest BCUT2D eigenvalue weighted by Crippen LogP contribution is -2.00. The first-order valence-corrected chi connectivity index (χ1v) is 6.63. The summed E-state index contributed by atoms with van der Waals surface area (Å²) in [5.41, 5.74) is 3.47. The van der Waals surface area contributed by atoms with Crippen LogP contribution in [0, 0.1) is 5.82 Å². The van der Waals surface area contributed by atoms with Crippen LogP contribution < -0.4 is 0 Å². The molecule has 0 saturated carbocycles. The van der Waals surface area contributed by atoms with Crippen molar-refractivity contribution in [1.29, 1.82) is 0 Å². The molecule has 3 nitrogen and oxygen atoms in total.